The van der Waals surface area contributed by atoms with E-state index in [0.29, 0.717) is 6.42 Å². The molecule has 0 saturated heterocycles. The number of hydrogen-bond donors (Lipinski definition) is 2. The highest BCUT2D eigenvalue weighted by Gasteiger charge is 2.16. The topological polar surface area (TPSA) is 155 Å². The van der Waals surface area contributed by atoms with Gasteiger partial charge in [-0.2, -0.15) is 16.8 Å². The van der Waals surface area contributed by atoms with Crippen LogP contribution in [0, 0.1) is 0 Å². The molecule has 11 nitrogen and oxygen atoms in total. The Bertz CT molecular complexity index is 441. The predicted octanol–water partition coefficient (Wildman–Crippen LogP) is -0.674. The second kappa shape index (κ2) is 9.54. The number of rotatable bonds is 12. The zero-order chi connectivity index (χ0) is 15.6. The van der Waals surface area contributed by atoms with Gasteiger partial charge in [0.1, 0.15) is 6.79 Å². The van der Waals surface area contributed by atoms with E-state index in [1.807, 2.05) is 0 Å². The summed E-state index contributed by atoms with van der Waals surface area (Å²) >= 11 is 0. The van der Waals surface area contributed by atoms with E-state index in [4.69, 9.17) is 20.0 Å². The largest absolute Gasteiger partial charge is 0.357 e. The lowest BCUT2D eigenvalue weighted by molar-refractivity contribution is -0.138. The van der Waals surface area contributed by atoms with E-state index in [1.165, 1.54) is 0 Å². The van der Waals surface area contributed by atoms with Gasteiger partial charge in [0.05, 0.1) is 12.7 Å². The lowest BCUT2D eigenvalue weighted by Gasteiger charge is -2.15. The SMILES string of the molecule is CCC(COCOCS(=O)(=O)OO)OCS(=O)(=O)OO. The molecule has 0 saturated carbocycles. The molecule has 0 fully saturated rings. The maximum absolute atomic E-state index is 10.8. The number of hydrogen-bond acceptors (Lipinski definition) is 11. The molecule has 0 aromatic carbocycles. The second-order valence-electron chi connectivity index (χ2n) is 3.39. The highest BCUT2D eigenvalue weighted by molar-refractivity contribution is 7.86. The van der Waals surface area contributed by atoms with E-state index in [-0.39, 0.29) is 6.61 Å². The molecule has 0 heterocycles. The van der Waals surface area contributed by atoms with Crippen LogP contribution in [-0.4, -0.2) is 58.7 Å². The molecule has 20 heavy (non-hydrogen) atoms. The van der Waals surface area contributed by atoms with Crippen LogP contribution in [-0.2, 0) is 43.1 Å². The van der Waals surface area contributed by atoms with Crippen molar-refractivity contribution >= 4 is 20.2 Å². The van der Waals surface area contributed by atoms with E-state index in [9.17, 15) is 16.8 Å². The molecule has 0 rings (SSSR count). The molecule has 2 N–H and O–H groups in total. The molecule has 0 aliphatic rings. The molecular formula is C7H16O11S2. The molecule has 0 radical (unpaired) electrons. The molecule has 1 atom stereocenters. The zero-order valence-corrected chi connectivity index (χ0v) is 12.1. The van der Waals surface area contributed by atoms with Crippen LogP contribution in [0.3, 0.4) is 0 Å². The second-order valence-corrected chi connectivity index (χ2v) is 6.39. The third kappa shape index (κ3) is 9.51. The van der Waals surface area contributed by atoms with Gasteiger partial charge in [0.2, 0.25) is 0 Å². The van der Waals surface area contributed by atoms with E-state index in [2.05, 4.69) is 13.4 Å². The van der Waals surface area contributed by atoms with Crippen molar-refractivity contribution in [2.75, 3.05) is 25.3 Å². The summed E-state index contributed by atoms with van der Waals surface area (Å²) in [6, 6.07) is 0. The molecule has 0 aliphatic carbocycles. The summed E-state index contributed by atoms with van der Waals surface area (Å²) in [6.07, 6.45) is -0.242. The average molecular weight is 340 g/mol. The first-order valence-electron chi connectivity index (χ1n) is 5.15. The lowest BCUT2D eigenvalue weighted by atomic mass is 10.3. The van der Waals surface area contributed by atoms with Crippen molar-refractivity contribution in [3.05, 3.63) is 0 Å². The minimum absolute atomic E-state index is 0.0858. The van der Waals surface area contributed by atoms with Crippen molar-refractivity contribution < 1.29 is 50.2 Å². The average Bonchev–Trinajstić information content (AvgIpc) is 2.41. The summed E-state index contributed by atoms with van der Waals surface area (Å²) in [5.41, 5.74) is 0. The van der Waals surface area contributed by atoms with Crippen LogP contribution in [0.1, 0.15) is 13.3 Å². The third-order valence-electron chi connectivity index (χ3n) is 1.83. The predicted molar refractivity (Wildman–Crippen MR) is 62.1 cm³/mol. The monoisotopic (exact) mass is 340 g/mol. The van der Waals surface area contributed by atoms with Gasteiger partial charge in [-0.15, -0.1) is 8.67 Å². The molecule has 13 heteroatoms. The van der Waals surface area contributed by atoms with Crippen molar-refractivity contribution in [2.45, 2.75) is 19.4 Å². The summed E-state index contributed by atoms with van der Waals surface area (Å²) in [6.45, 7) is 1.16. The van der Waals surface area contributed by atoms with E-state index in [0.717, 1.165) is 0 Å². The Morgan fingerprint density at radius 3 is 2.00 bits per heavy atom. The van der Waals surface area contributed by atoms with Gasteiger partial charge < -0.3 is 14.2 Å². The van der Waals surface area contributed by atoms with Gasteiger partial charge in [-0.25, -0.2) is 10.5 Å². The van der Waals surface area contributed by atoms with Crippen molar-refractivity contribution in [2.24, 2.45) is 0 Å². The van der Waals surface area contributed by atoms with Gasteiger partial charge in [-0.3, -0.25) is 0 Å². The molecule has 0 bridgehead atoms. The summed E-state index contributed by atoms with van der Waals surface area (Å²) in [7, 11) is -8.32. The summed E-state index contributed by atoms with van der Waals surface area (Å²) in [5, 5.41) is 15.9. The highest BCUT2D eigenvalue weighted by atomic mass is 32.2. The molecule has 0 aromatic rings. The normalized spacial score (nSPS) is 14.3. The fourth-order valence-electron chi connectivity index (χ4n) is 0.881. The summed E-state index contributed by atoms with van der Waals surface area (Å²) in [5.74, 6) is -1.77. The van der Waals surface area contributed by atoms with Crippen LogP contribution in [0.5, 0.6) is 0 Å². The third-order valence-corrected chi connectivity index (χ3v) is 3.16. The van der Waals surface area contributed by atoms with Crippen molar-refractivity contribution in [1.29, 1.82) is 0 Å². The first kappa shape index (κ1) is 19.6. The van der Waals surface area contributed by atoms with Crippen LogP contribution in [0.25, 0.3) is 0 Å². The molecule has 0 spiro atoms. The Morgan fingerprint density at radius 1 is 0.950 bits per heavy atom. The Labute approximate surface area is 116 Å². The summed E-state index contributed by atoms with van der Waals surface area (Å²) in [4.78, 5) is 0. The fourth-order valence-corrected chi connectivity index (χ4v) is 1.60. The van der Waals surface area contributed by atoms with Gasteiger partial charge in [-0.05, 0) is 6.42 Å². The molecule has 1 unspecified atom stereocenters. The Kier molecular flexibility index (Phi) is 9.36. The fraction of sp³-hybridized carbons (Fsp3) is 1.00. The lowest BCUT2D eigenvalue weighted by Crippen LogP contribution is -2.24. The Balaban J connectivity index is 3.86. The number of ether oxygens (including phenoxy) is 3. The Hall–Kier alpha value is -0.380. The van der Waals surface area contributed by atoms with Crippen LogP contribution >= 0.6 is 0 Å². The zero-order valence-electron chi connectivity index (χ0n) is 10.5. The van der Waals surface area contributed by atoms with Gasteiger partial charge in [0, 0.05) is 0 Å². The van der Waals surface area contributed by atoms with E-state index in [1.54, 1.807) is 6.92 Å². The van der Waals surface area contributed by atoms with Crippen LogP contribution in [0.4, 0.5) is 0 Å². The van der Waals surface area contributed by atoms with Gasteiger partial charge in [0.25, 0.3) is 0 Å². The van der Waals surface area contributed by atoms with Gasteiger partial charge in [-0.1, -0.05) is 6.92 Å². The highest BCUT2D eigenvalue weighted by Crippen LogP contribution is 2.02. The first-order valence-corrected chi connectivity index (χ1v) is 8.30. The van der Waals surface area contributed by atoms with E-state index >= 15 is 0 Å². The maximum atomic E-state index is 10.8. The van der Waals surface area contributed by atoms with Crippen molar-refractivity contribution in [1.82, 2.24) is 0 Å². The Morgan fingerprint density at radius 2 is 1.50 bits per heavy atom. The van der Waals surface area contributed by atoms with Crippen LogP contribution in [0.2, 0.25) is 0 Å². The molecular weight excluding hydrogens is 324 g/mol. The van der Waals surface area contributed by atoms with Crippen molar-refractivity contribution in [3.63, 3.8) is 0 Å². The van der Waals surface area contributed by atoms with Gasteiger partial charge >= 0.3 is 20.2 Å². The summed E-state index contributed by atoms with van der Waals surface area (Å²) < 4.78 is 63.4. The minimum atomic E-state index is -4.16. The first-order chi connectivity index (χ1) is 9.26. The maximum Gasteiger partial charge on any atom is 0.317 e. The molecule has 0 aromatic heterocycles. The van der Waals surface area contributed by atoms with Crippen LogP contribution in [0.15, 0.2) is 0 Å². The molecule has 0 aliphatic heterocycles. The standard InChI is InChI=1S/C7H16O11S2/c1-2-7(16-6-20(12,13)18-9)3-14-4-15-5-19(10,11)17-8/h7-9H,2-6H2,1H3. The minimum Gasteiger partial charge on any atom is -0.357 e. The van der Waals surface area contributed by atoms with Gasteiger partial charge in [0.15, 0.2) is 11.9 Å². The smallest absolute Gasteiger partial charge is 0.317 e. The van der Waals surface area contributed by atoms with Crippen molar-refractivity contribution in [3.8, 4) is 0 Å². The van der Waals surface area contributed by atoms with Crippen LogP contribution < -0.4 is 0 Å². The van der Waals surface area contributed by atoms with E-state index < -0.39 is 45.0 Å². The quantitative estimate of drug-likeness (QED) is 0.201. The molecule has 122 valence electrons. The molecule has 0 amide bonds.